The monoisotopic (exact) mass is 385 g/mol. The summed E-state index contributed by atoms with van der Waals surface area (Å²) >= 11 is 1.58. The molecule has 4 atom stereocenters. The Balaban J connectivity index is 1.44. The Hall–Kier alpha value is -2.00. The number of rotatable bonds is 7. The minimum absolute atomic E-state index is 0.00321. The van der Waals surface area contributed by atoms with Crippen LogP contribution in [0.4, 0.5) is 0 Å². The smallest absolute Gasteiger partial charge is 0.462 e. The van der Waals surface area contributed by atoms with E-state index in [0.29, 0.717) is 12.8 Å². The molecule has 1 aromatic carbocycles. The molecule has 6 nitrogen and oxygen atoms in total. The molecule has 0 saturated carbocycles. The molecule has 3 N–H and O–H groups in total. The molecule has 0 aliphatic carbocycles. The van der Waals surface area contributed by atoms with Crippen molar-refractivity contribution in [2.24, 2.45) is 0 Å². The van der Waals surface area contributed by atoms with Crippen LogP contribution in [0.2, 0.25) is 0 Å². The van der Waals surface area contributed by atoms with Crippen molar-refractivity contribution in [3.63, 3.8) is 0 Å². The highest BCUT2D eigenvalue weighted by atomic mass is 32.1. The molecule has 3 heterocycles. The Morgan fingerprint density at radius 3 is 2.70 bits per heavy atom. The minimum Gasteiger partial charge on any atom is -0.481 e. The van der Waals surface area contributed by atoms with Crippen molar-refractivity contribution in [3.8, 4) is 0 Å². The lowest BCUT2D eigenvalue weighted by Crippen LogP contribution is -2.37. The van der Waals surface area contributed by atoms with Crippen molar-refractivity contribution in [2.75, 3.05) is 0 Å². The van der Waals surface area contributed by atoms with Gasteiger partial charge in [-0.25, -0.2) is 0 Å². The molecule has 2 aromatic rings. The predicted molar refractivity (Wildman–Crippen MR) is 102 cm³/mol. The van der Waals surface area contributed by atoms with Crippen molar-refractivity contribution >= 4 is 30.2 Å². The number of ketones is 1. The third-order valence-corrected chi connectivity index (χ3v) is 5.98. The van der Waals surface area contributed by atoms with Crippen LogP contribution in [0, 0.1) is 0 Å². The Labute approximate surface area is 161 Å². The van der Waals surface area contributed by atoms with Crippen LogP contribution < -0.4 is 5.32 Å². The van der Waals surface area contributed by atoms with Crippen LogP contribution in [0.25, 0.3) is 0 Å². The van der Waals surface area contributed by atoms with Gasteiger partial charge >= 0.3 is 13.1 Å². The largest absolute Gasteiger partial charge is 0.481 e. The number of thiophene rings is 1. The summed E-state index contributed by atoms with van der Waals surface area (Å²) in [5, 5.41) is 26.7. The fourth-order valence-electron chi connectivity index (χ4n) is 3.87. The Bertz CT molecular complexity index is 842. The second-order valence-corrected chi connectivity index (χ2v) is 7.89. The van der Waals surface area contributed by atoms with Crippen molar-refractivity contribution in [3.05, 3.63) is 57.8 Å². The Morgan fingerprint density at radius 2 is 2.00 bits per heavy atom. The molecule has 0 bridgehead atoms. The van der Waals surface area contributed by atoms with E-state index in [1.54, 1.807) is 11.3 Å². The number of hydrogen-bond acceptors (Lipinski definition) is 6. The van der Waals surface area contributed by atoms with Crippen LogP contribution in [0.3, 0.4) is 0 Å². The number of carbonyl (C=O) groups is 2. The first-order valence-electron chi connectivity index (χ1n) is 8.97. The summed E-state index contributed by atoms with van der Waals surface area (Å²) in [6, 6.07) is 9.24. The first-order valence-corrected chi connectivity index (χ1v) is 9.91. The SMILES string of the molecule is O=C(O)C[C@H]1OB(O)[C@@H](CC2NC2C(=O)Cc2ccsc2)c2ccccc21. The lowest BCUT2D eigenvalue weighted by molar-refractivity contribution is -0.139. The van der Waals surface area contributed by atoms with Gasteiger partial charge in [0.05, 0.1) is 18.6 Å². The van der Waals surface area contributed by atoms with Crippen molar-refractivity contribution < 1.29 is 24.4 Å². The normalized spacial score (nSPS) is 26.5. The van der Waals surface area contributed by atoms with Crippen LogP contribution >= 0.6 is 11.3 Å². The van der Waals surface area contributed by atoms with E-state index in [1.165, 1.54) is 0 Å². The second kappa shape index (κ2) is 7.56. The average molecular weight is 385 g/mol. The molecular formula is C19H20BNO5S. The molecule has 8 heteroatoms. The van der Waals surface area contributed by atoms with E-state index < -0.39 is 19.2 Å². The lowest BCUT2D eigenvalue weighted by atomic mass is 9.62. The van der Waals surface area contributed by atoms with Gasteiger partial charge in [-0.05, 0) is 39.9 Å². The van der Waals surface area contributed by atoms with E-state index in [2.05, 4.69) is 5.32 Å². The first kappa shape index (κ1) is 18.4. The van der Waals surface area contributed by atoms with Crippen molar-refractivity contribution in [2.45, 2.75) is 43.3 Å². The van der Waals surface area contributed by atoms with Gasteiger partial charge in [0.1, 0.15) is 0 Å². The number of benzene rings is 1. The summed E-state index contributed by atoms with van der Waals surface area (Å²) in [6.45, 7) is 0. The summed E-state index contributed by atoms with van der Waals surface area (Å²) in [5.74, 6) is -1.10. The molecule has 1 aromatic heterocycles. The Kier molecular flexibility index (Phi) is 5.14. The number of Topliss-reactive ketones (excluding diaryl/α,β-unsaturated/α-hetero) is 1. The number of carboxylic acid groups (broad SMARTS) is 1. The van der Waals surface area contributed by atoms with E-state index in [1.807, 2.05) is 41.1 Å². The van der Waals surface area contributed by atoms with Gasteiger partial charge in [-0.2, -0.15) is 11.3 Å². The molecule has 2 aliphatic rings. The summed E-state index contributed by atoms with van der Waals surface area (Å²) in [7, 11) is -1.08. The maximum absolute atomic E-state index is 12.4. The minimum atomic E-state index is -1.08. The topological polar surface area (TPSA) is 106 Å². The first-order chi connectivity index (χ1) is 13.0. The van der Waals surface area contributed by atoms with Gasteiger partial charge in [-0.1, -0.05) is 24.3 Å². The molecule has 4 rings (SSSR count). The molecule has 140 valence electrons. The fraction of sp³-hybridized carbons (Fsp3) is 0.368. The van der Waals surface area contributed by atoms with Crippen LogP contribution in [-0.2, 0) is 20.7 Å². The molecule has 1 saturated heterocycles. The van der Waals surface area contributed by atoms with Gasteiger partial charge < -0.3 is 20.1 Å². The number of nitrogens with one attached hydrogen (secondary N) is 1. The fourth-order valence-corrected chi connectivity index (χ4v) is 4.54. The van der Waals surface area contributed by atoms with Crippen LogP contribution in [0.1, 0.15) is 41.5 Å². The molecule has 27 heavy (non-hydrogen) atoms. The summed E-state index contributed by atoms with van der Waals surface area (Å²) in [4.78, 5) is 23.5. The van der Waals surface area contributed by atoms with E-state index in [4.69, 9.17) is 9.76 Å². The summed E-state index contributed by atoms with van der Waals surface area (Å²) in [6.07, 6.45) is 0.133. The molecular weight excluding hydrogens is 365 g/mol. The number of aliphatic carboxylic acids is 1. The van der Waals surface area contributed by atoms with Crippen LogP contribution in [0.5, 0.6) is 0 Å². The maximum Gasteiger partial charge on any atom is 0.462 e. The zero-order valence-electron chi connectivity index (χ0n) is 14.6. The highest BCUT2D eigenvalue weighted by Gasteiger charge is 2.47. The molecule has 0 spiro atoms. The molecule has 2 unspecified atom stereocenters. The van der Waals surface area contributed by atoms with Gasteiger partial charge in [0.25, 0.3) is 0 Å². The van der Waals surface area contributed by atoms with Gasteiger partial charge in [0.15, 0.2) is 5.78 Å². The quantitative estimate of drug-likeness (QED) is 0.497. The van der Waals surface area contributed by atoms with Crippen LogP contribution in [0.15, 0.2) is 41.1 Å². The molecule has 0 amide bonds. The van der Waals surface area contributed by atoms with Gasteiger partial charge in [-0.3, -0.25) is 9.59 Å². The van der Waals surface area contributed by atoms with Gasteiger partial charge in [0, 0.05) is 18.3 Å². The summed E-state index contributed by atoms with van der Waals surface area (Å²) in [5.41, 5.74) is 2.73. The van der Waals surface area contributed by atoms with E-state index >= 15 is 0 Å². The van der Waals surface area contributed by atoms with Crippen molar-refractivity contribution in [1.82, 2.24) is 5.32 Å². The van der Waals surface area contributed by atoms with E-state index in [-0.39, 0.29) is 30.1 Å². The van der Waals surface area contributed by atoms with Crippen molar-refractivity contribution in [1.29, 1.82) is 0 Å². The zero-order valence-corrected chi connectivity index (χ0v) is 15.4. The summed E-state index contributed by atoms with van der Waals surface area (Å²) < 4.78 is 5.61. The predicted octanol–water partition coefficient (Wildman–Crippen LogP) is 1.94. The van der Waals surface area contributed by atoms with E-state index in [9.17, 15) is 14.6 Å². The number of fused-ring (bicyclic) bond motifs is 1. The highest BCUT2D eigenvalue weighted by Crippen LogP contribution is 2.40. The Morgan fingerprint density at radius 1 is 1.22 bits per heavy atom. The standard InChI is InChI=1S/C19H20BNO5S/c22-16(7-11-5-6-27-10-11)19-15(21-19)8-14-12-3-1-2-4-13(12)17(9-18(23)24)26-20(14)25/h1-6,10,14-15,17,19,21,25H,7-9H2,(H,23,24)/t14-,15?,17+,19?/m0/s1. The van der Waals surface area contributed by atoms with Gasteiger partial charge in [-0.15, -0.1) is 0 Å². The van der Waals surface area contributed by atoms with Gasteiger partial charge in [0.2, 0.25) is 0 Å². The number of hydrogen-bond donors (Lipinski definition) is 3. The zero-order chi connectivity index (χ0) is 19.0. The molecule has 0 radical (unpaired) electrons. The molecule has 1 fully saturated rings. The van der Waals surface area contributed by atoms with E-state index in [0.717, 1.165) is 16.7 Å². The average Bonchev–Trinajstić information content (AvgIpc) is 3.23. The van der Waals surface area contributed by atoms with Crippen LogP contribution in [-0.4, -0.2) is 41.1 Å². The number of carboxylic acids is 1. The lowest BCUT2D eigenvalue weighted by Gasteiger charge is -2.33. The second-order valence-electron chi connectivity index (χ2n) is 7.11. The third-order valence-electron chi connectivity index (χ3n) is 5.25. The maximum atomic E-state index is 12.4. The molecule has 2 aliphatic heterocycles. The highest BCUT2D eigenvalue weighted by molar-refractivity contribution is 7.08. The third kappa shape index (κ3) is 3.99. The number of carbonyl (C=O) groups excluding carboxylic acids is 1.